The summed E-state index contributed by atoms with van der Waals surface area (Å²) in [4.78, 5) is 44.5. The lowest BCUT2D eigenvalue weighted by atomic mass is 9.86. The molecular formula is C29H31F3N10O3. The Bertz CT molecular complexity index is 1700. The number of carbonyl (C=O) groups is 3. The number of carbonyl (C=O) groups excluding carboxylic acids is 3. The van der Waals surface area contributed by atoms with Gasteiger partial charge in [-0.1, -0.05) is 0 Å². The van der Waals surface area contributed by atoms with Crippen molar-refractivity contribution in [3.63, 3.8) is 0 Å². The maximum Gasteiger partial charge on any atom is 0.435 e. The van der Waals surface area contributed by atoms with Crippen LogP contribution in [0.3, 0.4) is 0 Å². The molecular weight excluding hydrogens is 593 g/mol. The van der Waals surface area contributed by atoms with Crippen molar-refractivity contribution in [3.05, 3.63) is 53.2 Å². The van der Waals surface area contributed by atoms with Gasteiger partial charge in [0, 0.05) is 61.8 Å². The Labute approximate surface area is 255 Å². The SMILES string of the molecule is Cc1cc(NC(=O)c2ncc(-c3cn(CC#N)nc3C(F)(F)F)n2C)ccc1C(=O)NC1CC(NC(=O)N2CC3CC2CN3)C1. The molecule has 2 atom stereocenters. The van der Waals surface area contributed by atoms with Crippen molar-refractivity contribution in [3.8, 4) is 17.3 Å². The largest absolute Gasteiger partial charge is 0.435 e. The first-order valence-corrected chi connectivity index (χ1v) is 14.5. The number of benzene rings is 1. The summed E-state index contributed by atoms with van der Waals surface area (Å²) in [5.74, 6) is -1.08. The van der Waals surface area contributed by atoms with Gasteiger partial charge >= 0.3 is 12.2 Å². The van der Waals surface area contributed by atoms with Crippen LogP contribution in [0.2, 0.25) is 0 Å². The Balaban J connectivity index is 1.05. The highest BCUT2D eigenvalue weighted by Gasteiger charge is 2.42. The van der Waals surface area contributed by atoms with Crippen molar-refractivity contribution in [2.24, 2.45) is 7.05 Å². The summed E-state index contributed by atoms with van der Waals surface area (Å²) in [7, 11) is 1.40. The number of fused-ring (bicyclic) bond motifs is 2. The molecule has 2 bridgehead atoms. The number of anilines is 1. The third-order valence-electron chi connectivity index (χ3n) is 8.58. The van der Waals surface area contributed by atoms with E-state index in [1.807, 2.05) is 4.90 Å². The molecule has 16 heteroatoms. The van der Waals surface area contributed by atoms with Crippen molar-refractivity contribution in [1.82, 2.24) is 40.2 Å². The number of nitriles is 1. The molecule has 6 rings (SSSR count). The number of rotatable bonds is 7. The molecule has 1 aromatic carbocycles. The van der Waals surface area contributed by atoms with Crippen LogP contribution in [-0.4, -0.2) is 79.3 Å². The van der Waals surface area contributed by atoms with Crippen LogP contribution >= 0.6 is 0 Å². The number of aromatic nitrogens is 4. The van der Waals surface area contributed by atoms with Crippen molar-refractivity contribution in [2.75, 3.05) is 18.4 Å². The topological polar surface area (TPSA) is 162 Å². The Hall–Kier alpha value is -4.91. The highest BCUT2D eigenvalue weighted by molar-refractivity contribution is 6.03. The monoisotopic (exact) mass is 624 g/mol. The molecule has 45 heavy (non-hydrogen) atoms. The number of halogens is 3. The minimum atomic E-state index is -4.78. The summed E-state index contributed by atoms with van der Waals surface area (Å²) in [6, 6.07) is 7.03. The number of nitrogens with zero attached hydrogens (tertiary/aromatic N) is 6. The number of alkyl halides is 3. The average Bonchev–Trinajstić information content (AvgIpc) is 3.75. The Morgan fingerprint density at radius 3 is 2.53 bits per heavy atom. The number of hydrogen-bond donors (Lipinski definition) is 4. The van der Waals surface area contributed by atoms with E-state index in [0.717, 1.165) is 36.6 Å². The van der Waals surface area contributed by atoms with Crippen LogP contribution < -0.4 is 21.3 Å². The third-order valence-corrected chi connectivity index (χ3v) is 8.58. The minimum Gasteiger partial charge on any atom is -0.349 e. The standard InChI is InChI=1S/C29H31F3N10O3/c1-15-7-16(36-27(44)25-35-12-23(40(25)2)22-14-41(6-5-33)39-24(22)29(30,31)32)3-4-21(15)26(43)37-17-8-18(9-17)38-28(45)42-13-19-10-20(42)11-34-19/h3-4,7,12,14,17-20,34H,6,8-11,13H2,1-2H3,(H,36,44)(H,37,43)(H,38,45). The molecule has 2 unspecified atom stereocenters. The molecule has 236 valence electrons. The summed E-state index contributed by atoms with van der Waals surface area (Å²) in [6.45, 7) is 2.90. The zero-order chi connectivity index (χ0) is 32.0. The van der Waals surface area contributed by atoms with Gasteiger partial charge in [-0.3, -0.25) is 14.3 Å². The number of aryl methyl sites for hydroxylation is 1. The molecule has 3 aromatic rings. The van der Waals surface area contributed by atoms with Crippen molar-refractivity contribution < 1.29 is 27.6 Å². The van der Waals surface area contributed by atoms with Crippen LogP contribution in [0.1, 0.15) is 51.5 Å². The number of likely N-dealkylation sites (tertiary alicyclic amines) is 1. The summed E-state index contributed by atoms with van der Waals surface area (Å²) >= 11 is 0. The zero-order valence-electron chi connectivity index (χ0n) is 24.5. The summed E-state index contributed by atoms with van der Waals surface area (Å²) in [5.41, 5.74) is -0.103. The number of hydrogen-bond acceptors (Lipinski definition) is 7. The molecule has 4 heterocycles. The van der Waals surface area contributed by atoms with E-state index in [1.165, 1.54) is 11.6 Å². The predicted octanol–water partition coefficient (Wildman–Crippen LogP) is 2.40. The third kappa shape index (κ3) is 5.95. The Kier molecular flexibility index (Phi) is 7.73. The van der Waals surface area contributed by atoms with E-state index in [2.05, 4.69) is 31.3 Å². The van der Waals surface area contributed by atoms with E-state index in [9.17, 15) is 27.6 Å². The van der Waals surface area contributed by atoms with Gasteiger partial charge in [0.25, 0.3) is 11.8 Å². The average molecular weight is 625 g/mol. The normalized spacial score (nSPS) is 22.1. The van der Waals surface area contributed by atoms with E-state index in [4.69, 9.17) is 5.26 Å². The molecule has 13 nitrogen and oxygen atoms in total. The van der Waals surface area contributed by atoms with Gasteiger partial charge in [0.1, 0.15) is 6.54 Å². The van der Waals surface area contributed by atoms with Gasteiger partial charge in [-0.2, -0.15) is 23.5 Å². The van der Waals surface area contributed by atoms with Crippen LogP contribution in [-0.2, 0) is 19.8 Å². The predicted molar refractivity (Wildman–Crippen MR) is 154 cm³/mol. The quantitative estimate of drug-likeness (QED) is 0.314. The Morgan fingerprint density at radius 2 is 1.89 bits per heavy atom. The Morgan fingerprint density at radius 1 is 1.13 bits per heavy atom. The number of nitrogens with one attached hydrogen (secondary N) is 4. The molecule has 2 saturated heterocycles. The fourth-order valence-corrected chi connectivity index (χ4v) is 6.21. The fourth-order valence-electron chi connectivity index (χ4n) is 6.21. The summed E-state index contributed by atoms with van der Waals surface area (Å²) in [5, 5.41) is 24.4. The van der Waals surface area contributed by atoms with E-state index in [0.29, 0.717) is 35.7 Å². The number of piperazine rings is 1. The first kappa shape index (κ1) is 30.1. The van der Waals surface area contributed by atoms with Gasteiger partial charge in [-0.15, -0.1) is 0 Å². The molecule has 1 saturated carbocycles. The summed E-state index contributed by atoms with van der Waals surface area (Å²) < 4.78 is 42.9. The second kappa shape index (κ2) is 11.5. The maximum absolute atomic E-state index is 13.6. The van der Waals surface area contributed by atoms with Gasteiger partial charge in [-0.25, -0.2) is 9.78 Å². The van der Waals surface area contributed by atoms with E-state index in [1.54, 1.807) is 31.2 Å². The first-order chi connectivity index (χ1) is 21.4. The van der Waals surface area contributed by atoms with Crippen LogP contribution in [0.5, 0.6) is 0 Å². The van der Waals surface area contributed by atoms with Crippen molar-refractivity contribution >= 4 is 23.5 Å². The zero-order valence-corrected chi connectivity index (χ0v) is 24.5. The van der Waals surface area contributed by atoms with Gasteiger partial charge in [0.05, 0.1) is 23.5 Å². The molecule has 0 radical (unpaired) electrons. The highest BCUT2D eigenvalue weighted by Crippen LogP contribution is 2.36. The first-order valence-electron chi connectivity index (χ1n) is 14.5. The molecule has 3 fully saturated rings. The second-order valence-electron chi connectivity index (χ2n) is 11.7. The minimum absolute atomic E-state index is 0.00184. The van der Waals surface area contributed by atoms with Crippen LogP contribution in [0.4, 0.5) is 23.7 Å². The lowest BCUT2D eigenvalue weighted by molar-refractivity contribution is -0.141. The van der Waals surface area contributed by atoms with Crippen LogP contribution in [0.25, 0.3) is 11.3 Å². The number of imidazole rings is 1. The van der Waals surface area contributed by atoms with E-state index < -0.39 is 17.8 Å². The van der Waals surface area contributed by atoms with Crippen LogP contribution in [0, 0.1) is 18.3 Å². The van der Waals surface area contributed by atoms with Gasteiger partial charge < -0.3 is 30.7 Å². The van der Waals surface area contributed by atoms with Crippen molar-refractivity contribution in [1.29, 1.82) is 5.26 Å². The number of urea groups is 1. The van der Waals surface area contributed by atoms with E-state index in [-0.39, 0.29) is 53.7 Å². The lowest BCUT2D eigenvalue weighted by Crippen LogP contribution is -2.58. The highest BCUT2D eigenvalue weighted by atomic mass is 19.4. The molecule has 3 aliphatic rings. The lowest BCUT2D eigenvalue weighted by Gasteiger charge is -2.38. The molecule has 0 spiro atoms. The number of amides is 4. The smallest absolute Gasteiger partial charge is 0.349 e. The molecule has 4 N–H and O–H groups in total. The maximum atomic E-state index is 13.6. The second-order valence-corrected chi connectivity index (χ2v) is 11.7. The molecule has 1 aliphatic carbocycles. The molecule has 2 aromatic heterocycles. The van der Waals surface area contributed by atoms with Crippen LogP contribution in [0.15, 0.2) is 30.6 Å². The van der Waals surface area contributed by atoms with Gasteiger partial charge in [0.2, 0.25) is 0 Å². The van der Waals surface area contributed by atoms with Gasteiger partial charge in [0.15, 0.2) is 11.5 Å². The molecule has 4 amide bonds. The van der Waals surface area contributed by atoms with Crippen molar-refractivity contribution in [2.45, 2.75) is 63.1 Å². The van der Waals surface area contributed by atoms with Gasteiger partial charge in [-0.05, 0) is 49.9 Å². The summed E-state index contributed by atoms with van der Waals surface area (Å²) in [6.07, 6.45) is -0.281. The van der Waals surface area contributed by atoms with E-state index >= 15 is 0 Å². The fraction of sp³-hybridized carbons (Fsp3) is 0.448. The molecule has 2 aliphatic heterocycles.